The van der Waals surface area contributed by atoms with Crippen LogP contribution in [0.1, 0.15) is 30.6 Å². The molecule has 1 heterocycles. The normalized spacial score (nSPS) is 12.3. The Labute approximate surface area is 161 Å². The Bertz CT molecular complexity index is 1000. The van der Waals surface area contributed by atoms with E-state index in [-0.39, 0.29) is 16.6 Å². The van der Waals surface area contributed by atoms with E-state index in [0.717, 1.165) is 6.42 Å². The Morgan fingerprint density at radius 2 is 1.96 bits per heavy atom. The van der Waals surface area contributed by atoms with Gasteiger partial charge in [-0.15, -0.1) is 0 Å². The average Bonchev–Trinajstić information content (AvgIpc) is 2.64. The second-order valence-electron chi connectivity index (χ2n) is 6.00. The maximum atomic E-state index is 12.9. The molecule has 6 heteroatoms. The van der Waals surface area contributed by atoms with Gasteiger partial charge in [0, 0.05) is 17.1 Å². The number of hydrogen-bond donors (Lipinski definition) is 0. The molecule has 0 amide bonds. The first kappa shape index (κ1) is 18.7. The van der Waals surface area contributed by atoms with Crippen LogP contribution in [0.15, 0.2) is 58.5 Å². The minimum atomic E-state index is -0.357. The number of rotatable bonds is 6. The maximum absolute atomic E-state index is 12.9. The lowest BCUT2D eigenvalue weighted by atomic mass is 10.1. The van der Waals surface area contributed by atoms with E-state index in [4.69, 9.17) is 11.6 Å². The summed E-state index contributed by atoms with van der Waals surface area (Å²) in [4.78, 5) is 30.1. The summed E-state index contributed by atoms with van der Waals surface area (Å²) in [6, 6.07) is 14.2. The molecule has 0 radical (unpaired) electrons. The summed E-state index contributed by atoms with van der Waals surface area (Å²) in [5.74, 6) is 0.0130. The molecule has 0 unspecified atom stereocenters. The van der Waals surface area contributed by atoms with E-state index in [9.17, 15) is 9.59 Å². The molecule has 0 saturated heterocycles. The summed E-state index contributed by atoms with van der Waals surface area (Å²) in [7, 11) is 0. The first-order chi connectivity index (χ1) is 12.5. The zero-order valence-electron chi connectivity index (χ0n) is 14.6. The number of carbonyl (C=O) groups is 1. The molecule has 0 N–H and O–H groups in total. The lowest BCUT2D eigenvalue weighted by Crippen LogP contribution is -2.25. The quantitative estimate of drug-likeness (QED) is 0.346. The fraction of sp³-hybridized carbons (Fsp3) is 0.250. The predicted molar refractivity (Wildman–Crippen MR) is 107 cm³/mol. The third kappa shape index (κ3) is 3.84. The van der Waals surface area contributed by atoms with Crippen molar-refractivity contribution in [1.82, 2.24) is 9.55 Å². The summed E-state index contributed by atoms with van der Waals surface area (Å²) in [5.41, 5.74) is 1.10. The smallest absolute Gasteiger partial charge is 0.262 e. The van der Waals surface area contributed by atoms with E-state index in [1.807, 2.05) is 32.0 Å². The maximum Gasteiger partial charge on any atom is 0.262 e. The van der Waals surface area contributed by atoms with E-state index in [1.54, 1.807) is 34.9 Å². The van der Waals surface area contributed by atoms with E-state index in [1.165, 1.54) is 11.8 Å². The summed E-state index contributed by atoms with van der Waals surface area (Å²) < 4.78 is 1.65. The fourth-order valence-electron chi connectivity index (χ4n) is 2.73. The summed E-state index contributed by atoms with van der Waals surface area (Å²) >= 11 is 7.36. The van der Waals surface area contributed by atoms with Gasteiger partial charge in [0.05, 0.1) is 16.2 Å². The van der Waals surface area contributed by atoms with Crippen molar-refractivity contribution in [3.63, 3.8) is 0 Å². The minimum absolute atomic E-state index is 0.0130. The Balaban J connectivity index is 2.01. The van der Waals surface area contributed by atoms with Gasteiger partial charge in [0.2, 0.25) is 0 Å². The Morgan fingerprint density at radius 1 is 1.23 bits per heavy atom. The minimum Gasteiger partial charge on any atom is -0.293 e. The molecule has 3 aromatic rings. The molecule has 4 nitrogen and oxygen atoms in total. The van der Waals surface area contributed by atoms with Gasteiger partial charge in [-0.05, 0) is 31.5 Å². The summed E-state index contributed by atoms with van der Waals surface area (Å²) in [5, 5.41) is 1.25. The molecule has 1 aromatic heterocycles. The van der Waals surface area contributed by atoms with Crippen LogP contribution in [-0.2, 0) is 6.54 Å². The van der Waals surface area contributed by atoms with E-state index in [0.29, 0.717) is 33.2 Å². The van der Waals surface area contributed by atoms with Crippen LogP contribution in [0.5, 0.6) is 0 Å². The number of benzene rings is 2. The SMILES string of the molecule is CCCn1c(S[C@H](C)C(=O)c2ccccc2)nc2cc(Cl)ccc2c1=O. The Morgan fingerprint density at radius 3 is 2.65 bits per heavy atom. The lowest BCUT2D eigenvalue weighted by molar-refractivity contribution is 0.0994. The predicted octanol–water partition coefficient (Wildman–Crippen LogP) is 4.82. The highest BCUT2D eigenvalue weighted by Gasteiger charge is 2.20. The lowest BCUT2D eigenvalue weighted by Gasteiger charge is -2.15. The molecule has 2 aromatic carbocycles. The summed E-state index contributed by atoms with van der Waals surface area (Å²) in [6.07, 6.45) is 0.801. The van der Waals surface area contributed by atoms with Crippen molar-refractivity contribution >= 4 is 40.0 Å². The van der Waals surface area contributed by atoms with Gasteiger partial charge in [-0.2, -0.15) is 0 Å². The number of Topliss-reactive ketones (excluding diaryl/α,β-unsaturated/α-hetero) is 1. The molecule has 1 atom stereocenters. The number of halogens is 1. The van der Waals surface area contributed by atoms with Gasteiger partial charge >= 0.3 is 0 Å². The zero-order chi connectivity index (χ0) is 18.7. The standard InChI is InChI=1S/C20H19ClN2O2S/c1-3-11-23-19(25)16-10-9-15(21)12-17(16)22-20(23)26-13(2)18(24)14-7-5-4-6-8-14/h4-10,12-13H,3,11H2,1-2H3/t13-/m1/s1. The van der Waals surface area contributed by atoms with Crippen LogP contribution >= 0.6 is 23.4 Å². The molecule has 0 spiro atoms. The van der Waals surface area contributed by atoms with Crippen molar-refractivity contribution in [2.45, 2.75) is 37.2 Å². The van der Waals surface area contributed by atoms with Crippen LogP contribution in [0, 0.1) is 0 Å². The van der Waals surface area contributed by atoms with Crippen molar-refractivity contribution in [1.29, 1.82) is 0 Å². The second-order valence-corrected chi connectivity index (χ2v) is 7.75. The molecule has 26 heavy (non-hydrogen) atoms. The number of carbonyl (C=O) groups excluding carboxylic acids is 1. The molecular formula is C20H19ClN2O2S. The molecule has 134 valence electrons. The monoisotopic (exact) mass is 386 g/mol. The highest BCUT2D eigenvalue weighted by Crippen LogP contribution is 2.26. The van der Waals surface area contributed by atoms with Crippen molar-refractivity contribution < 1.29 is 4.79 Å². The van der Waals surface area contributed by atoms with Gasteiger partial charge in [0.25, 0.3) is 5.56 Å². The van der Waals surface area contributed by atoms with E-state index >= 15 is 0 Å². The molecule has 0 aliphatic carbocycles. The number of thioether (sulfide) groups is 1. The Kier molecular flexibility index (Phi) is 5.79. The van der Waals surface area contributed by atoms with Crippen molar-refractivity contribution in [2.75, 3.05) is 0 Å². The van der Waals surface area contributed by atoms with Gasteiger partial charge in [-0.3, -0.25) is 14.2 Å². The van der Waals surface area contributed by atoms with E-state index < -0.39 is 0 Å². The zero-order valence-corrected chi connectivity index (χ0v) is 16.2. The Hall–Kier alpha value is -2.11. The summed E-state index contributed by atoms with van der Waals surface area (Å²) in [6.45, 7) is 4.40. The van der Waals surface area contributed by atoms with Gasteiger partial charge in [0.15, 0.2) is 10.9 Å². The number of nitrogens with zero attached hydrogens (tertiary/aromatic N) is 2. The first-order valence-corrected chi connectivity index (χ1v) is 9.73. The first-order valence-electron chi connectivity index (χ1n) is 8.47. The number of fused-ring (bicyclic) bond motifs is 1. The van der Waals surface area contributed by atoms with Crippen molar-refractivity contribution in [2.24, 2.45) is 0 Å². The number of ketones is 1. The van der Waals surface area contributed by atoms with Crippen LogP contribution < -0.4 is 5.56 Å². The molecular weight excluding hydrogens is 368 g/mol. The van der Waals surface area contributed by atoms with Crippen LogP contribution in [0.3, 0.4) is 0 Å². The molecule has 0 aliphatic heterocycles. The highest BCUT2D eigenvalue weighted by molar-refractivity contribution is 8.00. The molecule has 0 aliphatic rings. The largest absolute Gasteiger partial charge is 0.293 e. The molecule has 0 saturated carbocycles. The van der Waals surface area contributed by atoms with Crippen molar-refractivity contribution in [3.8, 4) is 0 Å². The number of hydrogen-bond acceptors (Lipinski definition) is 4. The molecule has 3 rings (SSSR count). The van der Waals surface area contributed by atoms with Crippen LogP contribution in [0.4, 0.5) is 0 Å². The molecule has 0 fully saturated rings. The fourth-order valence-corrected chi connectivity index (χ4v) is 3.91. The van der Waals surface area contributed by atoms with Gasteiger partial charge in [-0.1, -0.05) is 60.6 Å². The third-order valence-electron chi connectivity index (χ3n) is 4.04. The average molecular weight is 387 g/mol. The van der Waals surface area contributed by atoms with Gasteiger partial charge in [-0.25, -0.2) is 4.98 Å². The molecule has 0 bridgehead atoms. The second kappa shape index (κ2) is 8.06. The van der Waals surface area contributed by atoms with Crippen molar-refractivity contribution in [3.05, 3.63) is 69.5 Å². The van der Waals surface area contributed by atoms with Crippen LogP contribution in [0.2, 0.25) is 5.02 Å². The van der Waals surface area contributed by atoms with E-state index in [2.05, 4.69) is 4.98 Å². The third-order valence-corrected chi connectivity index (χ3v) is 5.36. The van der Waals surface area contributed by atoms with Gasteiger partial charge in [0.1, 0.15) is 0 Å². The van der Waals surface area contributed by atoms with Crippen LogP contribution in [-0.4, -0.2) is 20.6 Å². The van der Waals surface area contributed by atoms with Crippen LogP contribution in [0.25, 0.3) is 10.9 Å². The topological polar surface area (TPSA) is 52.0 Å². The van der Waals surface area contributed by atoms with Gasteiger partial charge < -0.3 is 0 Å². The highest BCUT2D eigenvalue weighted by atomic mass is 35.5. The number of aromatic nitrogens is 2.